The molecule has 28 heavy (non-hydrogen) atoms. The smallest absolute Gasteiger partial charge is 0.338 e. The molecular formula is C18H10ClF6N3. The highest BCUT2D eigenvalue weighted by atomic mass is 35.5. The quantitative estimate of drug-likeness (QED) is 0.370. The van der Waals surface area contributed by atoms with Crippen molar-refractivity contribution < 1.29 is 26.3 Å². The molecule has 1 heterocycles. The van der Waals surface area contributed by atoms with Crippen LogP contribution in [-0.2, 0) is 18.8 Å². The highest BCUT2D eigenvalue weighted by Gasteiger charge is 2.37. The highest BCUT2D eigenvalue weighted by Crippen LogP contribution is 2.42. The lowest BCUT2D eigenvalue weighted by molar-refractivity contribution is -0.143. The summed E-state index contributed by atoms with van der Waals surface area (Å²) < 4.78 is 78.1. The van der Waals surface area contributed by atoms with Crippen molar-refractivity contribution in [3.8, 4) is 11.3 Å². The molecule has 0 bridgehead atoms. The van der Waals surface area contributed by atoms with Crippen LogP contribution in [0.2, 0.25) is 5.02 Å². The fraction of sp³-hybridized carbons (Fsp3) is 0.167. The second kappa shape index (κ2) is 6.16. The molecule has 0 saturated heterocycles. The summed E-state index contributed by atoms with van der Waals surface area (Å²) in [5.74, 6) is 0.162. The van der Waals surface area contributed by atoms with Crippen LogP contribution in [0.25, 0.3) is 11.3 Å². The number of rotatable bonds is 2. The monoisotopic (exact) mass is 417 g/mol. The number of benzene rings is 2. The summed E-state index contributed by atoms with van der Waals surface area (Å²) in [6.45, 7) is 0. The van der Waals surface area contributed by atoms with Gasteiger partial charge in [-0.25, -0.2) is 0 Å². The fourth-order valence-corrected chi connectivity index (χ4v) is 3.36. The lowest BCUT2D eigenvalue weighted by Gasteiger charge is -2.15. The molecule has 0 spiro atoms. The van der Waals surface area contributed by atoms with E-state index in [0.717, 1.165) is 11.1 Å². The molecule has 2 N–H and O–H groups in total. The molecule has 1 aliphatic rings. The Morgan fingerprint density at radius 3 is 2.18 bits per heavy atom. The number of aromatic nitrogens is 2. The van der Waals surface area contributed by atoms with Crippen molar-refractivity contribution in [2.75, 3.05) is 5.32 Å². The van der Waals surface area contributed by atoms with E-state index in [2.05, 4.69) is 15.5 Å². The first kappa shape index (κ1) is 18.7. The molecule has 0 atom stereocenters. The summed E-state index contributed by atoms with van der Waals surface area (Å²) in [4.78, 5) is 0. The number of hydrogen-bond donors (Lipinski definition) is 2. The second-order valence-corrected chi connectivity index (χ2v) is 6.76. The van der Waals surface area contributed by atoms with E-state index >= 15 is 0 Å². The Morgan fingerprint density at radius 1 is 0.929 bits per heavy atom. The van der Waals surface area contributed by atoms with E-state index in [1.807, 2.05) is 0 Å². The van der Waals surface area contributed by atoms with Gasteiger partial charge in [0.15, 0.2) is 5.82 Å². The third kappa shape index (κ3) is 3.30. The zero-order chi connectivity index (χ0) is 20.3. The molecule has 0 amide bonds. The summed E-state index contributed by atoms with van der Waals surface area (Å²) in [5, 5.41) is 9.89. The molecule has 4 rings (SSSR count). The van der Waals surface area contributed by atoms with Crippen molar-refractivity contribution in [3.05, 3.63) is 63.7 Å². The van der Waals surface area contributed by atoms with Gasteiger partial charge in [0, 0.05) is 28.3 Å². The van der Waals surface area contributed by atoms with Crippen LogP contribution >= 0.6 is 11.6 Å². The zero-order valence-electron chi connectivity index (χ0n) is 13.8. The number of H-pyrrole nitrogens is 1. The topological polar surface area (TPSA) is 40.7 Å². The maximum absolute atomic E-state index is 13.0. The largest absolute Gasteiger partial charge is 0.416 e. The van der Waals surface area contributed by atoms with Crippen molar-refractivity contribution in [1.29, 1.82) is 0 Å². The molecular weight excluding hydrogens is 408 g/mol. The van der Waals surface area contributed by atoms with Crippen LogP contribution in [0, 0.1) is 0 Å². The molecule has 0 saturated carbocycles. The van der Waals surface area contributed by atoms with Gasteiger partial charge in [0.2, 0.25) is 0 Å². The van der Waals surface area contributed by atoms with Gasteiger partial charge in [0.1, 0.15) is 0 Å². The van der Waals surface area contributed by atoms with E-state index in [9.17, 15) is 26.3 Å². The molecule has 1 aliphatic carbocycles. The summed E-state index contributed by atoms with van der Waals surface area (Å²) in [7, 11) is 0. The molecule has 1 aromatic heterocycles. The molecule has 2 aromatic carbocycles. The minimum atomic E-state index is -4.92. The molecule has 3 nitrogen and oxygen atoms in total. The molecule has 146 valence electrons. The van der Waals surface area contributed by atoms with Gasteiger partial charge in [-0.2, -0.15) is 31.4 Å². The van der Waals surface area contributed by atoms with E-state index in [0.29, 0.717) is 34.8 Å². The van der Waals surface area contributed by atoms with Gasteiger partial charge < -0.3 is 5.32 Å². The summed E-state index contributed by atoms with van der Waals surface area (Å²) in [5.41, 5.74) is -0.135. The minimum Gasteiger partial charge on any atom is -0.338 e. The number of nitrogens with one attached hydrogen (secondary N) is 2. The number of hydrogen-bond acceptors (Lipinski definition) is 2. The van der Waals surface area contributed by atoms with Gasteiger partial charge >= 0.3 is 12.4 Å². The number of nitrogens with zero attached hydrogens (tertiary/aromatic N) is 1. The van der Waals surface area contributed by atoms with Crippen LogP contribution in [0.4, 0.5) is 37.8 Å². The van der Waals surface area contributed by atoms with Crippen LogP contribution in [0.5, 0.6) is 0 Å². The standard InChI is InChI=1S/C18H10ClF6N3/c19-11-1-2-13-8(3-11)4-14-15(13)27-28-16(14)26-12-6-9(17(20,21)22)5-10(7-12)18(23,24)25/h1-3,5-7H,4H2,(H2,26,27,28). The number of alkyl halides is 6. The average Bonchev–Trinajstić information content (AvgIpc) is 3.12. The maximum atomic E-state index is 13.0. The van der Waals surface area contributed by atoms with Gasteiger partial charge in [-0.3, -0.25) is 5.10 Å². The molecule has 0 unspecified atom stereocenters. The summed E-state index contributed by atoms with van der Waals surface area (Å²) in [6, 6.07) is 6.53. The van der Waals surface area contributed by atoms with Crippen LogP contribution < -0.4 is 5.32 Å². The molecule has 10 heteroatoms. The van der Waals surface area contributed by atoms with Crippen molar-refractivity contribution in [3.63, 3.8) is 0 Å². The summed E-state index contributed by atoms with van der Waals surface area (Å²) >= 11 is 5.97. The Kier molecular flexibility index (Phi) is 4.11. The van der Waals surface area contributed by atoms with Crippen LogP contribution in [-0.4, -0.2) is 10.2 Å². The lowest BCUT2D eigenvalue weighted by Crippen LogP contribution is -2.11. The number of halogens is 7. The zero-order valence-corrected chi connectivity index (χ0v) is 14.5. The Bertz CT molecular complexity index is 1040. The van der Waals surface area contributed by atoms with E-state index in [-0.39, 0.29) is 17.6 Å². The molecule has 0 fully saturated rings. The van der Waals surface area contributed by atoms with E-state index in [4.69, 9.17) is 11.6 Å². The average molecular weight is 418 g/mol. The first-order valence-electron chi connectivity index (χ1n) is 7.95. The third-order valence-electron chi connectivity index (χ3n) is 4.42. The highest BCUT2D eigenvalue weighted by molar-refractivity contribution is 6.30. The predicted molar refractivity (Wildman–Crippen MR) is 91.6 cm³/mol. The Labute approximate surface area is 159 Å². The number of fused-ring (bicyclic) bond motifs is 3. The molecule has 3 aromatic rings. The SMILES string of the molecule is FC(F)(F)c1cc(Nc2n[nH]c3c2Cc2cc(Cl)ccc2-3)cc(C(F)(F)F)c1. The van der Waals surface area contributed by atoms with Gasteiger partial charge in [-0.1, -0.05) is 17.7 Å². The van der Waals surface area contributed by atoms with Crippen LogP contribution in [0.1, 0.15) is 22.3 Å². The Balaban J connectivity index is 1.73. The van der Waals surface area contributed by atoms with E-state index < -0.39 is 23.5 Å². The lowest BCUT2D eigenvalue weighted by atomic mass is 10.1. The maximum Gasteiger partial charge on any atom is 0.416 e. The first-order valence-corrected chi connectivity index (χ1v) is 8.33. The van der Waals surface area contributed by atoms with Crippen molar-refractivity contribution in [2.24, 2.45) is 0 Å². The van der Waals surface area contributed by atoms with Crippen molar-refractivity contribution in [2.45, 2.75) is 18.8 Å². The van der Waals surface area contributed by atoms with Crippen LogP contribution in [0.3, 0.4) is 0 Å². The van der Waals surface area contributed by atoms with Gasteiger partial charge in [-0.15, -0.1) is 0 Å². The van der Waals surface area contributed by atoms with Gasteiger partial charge in [0.25, 0.3) is 0 Å². The van der Waals surface area contributed by atoms with Crippen molar-refractivity contribution >= 4 is 23.1 Å². The van der Waals surface area contributed by atoms with Crippen LogP contribution in [0.15, 0.2) is 36.4 Å². The number of anilines is 2. The molecule has 0 radical (unpaired) electrons. The fourth-order valence-electron chi connectivity index (χ4n) is 3.17. The van der Waals surface area contributed by atoms with Crippen molar-refractivity contribution in [1.82, 2.24) is 10.2 Å². The minimum absolute atomic E-state index is 0.0814. The summed E-state index contributed by atoms with van der Waals surface area (Å²) in [6.07, 6.45) is -9.44. The Morgan fingerprint density at radius 2 is 1.57 bits per heavy atom. The predicted octanol–water partition coefficient (Wildman–Crippen LogP) is 6.42. The van der Waals surface area contributed by atoms with Gasteiger partial charge in [0.05, 0.1) is 16.8 Å². The van der Waals surface area contributed by atoms with E-state index in [1.165, 1.54) is 0 Å². The number of aromatic amines is 1. The first-order chi connectivity index (χ1) is 13.0. The second-order valence-electron chi connectivity index (χ2n) is 6.32. The normalized spacial score (nSPS) is 13.4. The Hall–Kier alpha value is -2.68. The third-order valence-corrected chi connectivity index (χ3v) is 4.66. The van der Waals surface area contributed by atoms with Gasteiger partial charge in [-0.05, 0) is 35.9 Å². The molecule has 0 aliphatic heterocycles. The van der Waals surface area contributed by atoms with E-state index in [1.54, 1.807) is 18.2 Å².